The first-order valence-corrected chi connectivity index (χ1v) is 9.09. The number of nitrogens with one attached hydrogen (secondary N) is 2. The van der Waals surface area contributed by atoms with Crippen molar-refractivity contribution in [1.29, 1.82) is 0 Å². The molecule has 0 spiro atoms. The van der Waals surface area contributed by atoms with Gasteiger partial charge in [-0.2, -0.15) is 0 Å². The van der Waals surface area contributed by atoms with Crippen LogP contribution in [-0.2, 0) is 11.2 Å². The summed E-state index contributed by atoms with van der Waals surface area (Å²) in [6.07, 6.45) is 4.41. The number of rotatable bonds is 5. The lowest BCUT2D eigenvalue weighted by atomic mass is 10.1. The number of hydrogen-bond donors (Lipinski definition) is 2. The molecule has 0 radical (unpaired) electrons. The van der Waals surface area contributed by atoms with E-state index in [4.69, 9.17) is 0 Å². The summed E-state index contributed by atoms with van der Waals surface area (Å²) >= 11 is 0. The summed E-state index contributed by atoms with van der Waals surface area (Å²) in [7, 11) is 3.46. The van der Waals surface area contributed by atoms with Gasteiger partial charge in [-0.05, 0) is 42.7 Å². The summed E-state index contributed by atoms with van der Waals surface area (Å²) in [5.74, 6) is 0.986. The van der Waals surface area contributed by atoms with Gasteiger partial charge in [-0.1, -0.05) is 12.1 Å². The molecule has 0 saturated carbocycles. The molecule has 1 aliphatic rings. The van der Waals surface area contributed by atoms with Crippen LogP contribution in [0.4, 0.5) is 22.0 Å². The summed E-state index contributed by atoms with van der Waals surface area (Å²) in [6.45, 7) is 2.08. The first-order valence-electron chi connectivity index (χ1n) is 9.09. The highest BCUT2D eigenvalue weighted by Crippen LogP contribution is 2.19. The van der Waals surface area contributed by atoms with Gasteiger partial charge in [-0.3, -0.25) is 4.79 Å². The molecule has 3 amide bonds. The number of pyridine rings is 1. The maximum atomic E-state index is 12.2. The second-order valence-corrected chi connectivity index (χ2v) is 6.84. The van der Waals surface area contributed by atoms with E-state index in [1.165, 1.54) is 12.8 Å². The quantitative estimate of drug-likeness (QED) is 0.852. The predicted molar refractivity (Wildman–Crippen MR) is 107 cm³/mol. The van der Waals surface area contributed by atoms with Crippen molar-refractivity contribution in [3.63, 3.8) is 0 Å². The van der Waals surface area contributed by atoms with Crippen molar-refractivity contribution in [2.24, 2.45) is 0 Å². The molecule has 3 rings (SSSR count). The van der Waals surface area contributed by atoms with Crippen molar-refractivity contribution < 1.29 is 9.59 Å². The Kier molecular flexibility index (Phi) is 5.90. The second-order valence-electron chi connectivity index (χ2n) is 6.84. The van der Waals surface area contributed by atoms with Crippen LogP contribution >= 0.6 is 0 Å². The van der Waals surface area contributed by atoms with E-state index >= 15 is 0 Å². The Morgan fingerprint density at radius 3 is 2.22 bits per heavy atom. The Bertz CT molecular complexity index is 781. The van der Waals surface area contributed by atoms with E-state index in [1.807, 2.05) is 24.3 Å². The molecule has 1 aromatic carbocycles. The fourth-order valence-corrected chi connectivity index (χ4v) is 2.93. The molecule has 142 valence electrons. The highest BCUT2D eigenvalue weighted by atomic mass is 16.2. The number of anilines is 3. The number of amides is 3. The van der Waals surface area contributed by atoms with E-state index in [2.05, 4.69) is 20.5 Å². The van der Waals surface area contributed by atoms with E-state index in [-0.39, 0.29) is 11.9 Å². The monoisotopic (exact) mass is 367 g/mol. The molecule has 27 heavy (non-hydrogen) atoms. The molecule has 0 atom stereocenters. The van der Waals surface area contributed by atoms with Crippen molar-refractivity contribution in [2.75, 3.05) is 42.7 Å². The smallest absolute Gasteiger partial charge is 0.323 e. The van der Waals surface area contributed by atoms with Gasteiger partial charge in [-0.15, -0.1) is 0 Å². The zero-order valence-corrected chi connectivity index (χ0v) is 15.7. The number of hydrogen-bond acceptors (Lipinski definition) is 4. The molecular weight excluding hydrogens is 342 g/mol. The lowest BCUT2D eigenvalue weighted by molar-refractivity contribution is -0.127. The maximum absolute atomic E-state index is 12.2. The summed E-state index contributed by atoms with van der Waals surface area (Å²) in [4.78, 5) is 32.1. The molecule has 7 nitrogen and oxygen atoms in total. The second kappa shape index (κ2) is 8.53. The zero-order valence-electron chi connectivity index (χ0n) is 15.7. The topological polar surface area (TPSA) is 77.6 Å². The molecule has 1 aromatic heterocycles. The van der Waals surface area contributed by atoms with Crippen LogP contribution in [0.2, 0.25) is 0 Å². The number of carbonyl (C=O) groups excluding carboxylic acids is 2. The van der Waals surface area contributed by atoms with Gasteiger partial charge in [0, 0.05) is 32.9 Å². The van der Waals surface area contributed by atoms with Gasteiger partial charge < -0.3 is 20.4 Å². The highest BCUT2D eigenvalue weighted by Gasteiger charge is 2.13. The third-order valence-electron chi connectivity index (χ3n) is 4.50. The van der Waals surface area contributed by atoms with Crippen LogP contribution in [0.5, 0.6) is 0 Å². The van der Waals surface area contributed by atoms with Crippen LogP contribution in [0.15, 0.2) is 42.6 Å². The van der Waals surface area contributed by atoms with Gasteiger partial charge >= 0.3 is 6.03 Å². The van der Waals surface area contributed by atoms with Crippen LogP contribution in [-0.4, -0.2) is 49.0 Å². The predicted octanol–water partition coefficient (Wildman–Crippen LogP) is 2.96. The summed E-state index contributed by atoms with van der Waals surface area (Å²) in [5.41, 5.74) is 2.21. The first-order chi connectivity index (χ1) is 13.0. The Morgan fingerprint density at radius 2 is 1.63 bits per heavy atom. The average molecular weight is 367 g/mol. The van der Waals surface area contributed by atoms with E-state index in [9.17, 15) is 9.59 Å². The van der Waals surface area contributed by atoms with E-state index in [0.717, 1.165) is 24.5 Å². The van der Waals surface area contributed by atoms with E-state index in [0.29, 0.717) is 17.8 Å². The lowest BCUT2D eigenvalue weighted by Crippen LogP contribution is -2.23. The minimum absolute atomic E-state index is 0.0401. The molecule has 2 aromatic rings. The SMILES string of the molecule is CN(C)C(=O)Cc1ccc(NC(=O)Nc2ccc(N3CCCC3)nc2)cc1. The Morgan fingerprint density at radius 1 is 1.00 bits per heavy atom. The van der Waals surface area contributed by atoms with E-state index in [1.54, 1.807) is 37.3 Å². The van der Waals surface area contributed by atoms with Gasteiger partial charge in [-0.25, -0.2) is 9.78 Å². The molecule has 2 heterocycles. The van der Waals surface area contributed by atoms with Crippen molar-refractivity contribution in [3.8, 4) is 0 Å². The Balaban J connectivity index is 1.52. The van der Waals surface area contributed by atoms with Gasteiger partial charge in [0.15, 0.2) is 0 Å². The Hall–Kier alpha value is -3.09. The summed E-state index contributed by atoms with van der Waals surface area (Å²) in [6, 6.07) is 10.7. The molecule has 2 N–H and O–H groups in total. The van der Waals surface area contributed by atoms with Crippen molar-refractivity contribution in [1.82, 2.24) is 9.88 Å². The van der Waals surface area contributed by atoms with Crippen LogP contribution in [0.25, 0.3) is 0 Å². The fraction of sp³-hybridized carbons (Fsp3) is 0.350. The molecule has 0 unspecified atom stereocenters. The number of nitrogens with zero attached hydrogens (tertiary/aromatic N) is 3. The van der Waals surface area contributed by atoms with Crippen molar-refractivity contribution in [2.45, 2.75) is 19.3 Å². The van der Waals surface area contributed by atoms with Gasteiger partial charge in [0.25, 0.3) is 0 Å². The number of likely N-dealkylation sites (N-methyl/N-ethyl adjacent to an activating group) is 1. The normalized spacial score (nSPS) is 13.3. The zero-order chi connectivity index (χ0) is 19.2. The molecule has 1 aliphatic heterocycles. The standard InChI is InChI=1S/C20H25N5O2/c1-24(2)19(26)13-15-5-7-16(8-6-15)22-20(27)23-17-9-10-18(21-14-17)25-11-3-4-12-25/h5-10,14H,3-4,11-13H2,1-2H3,(H2,22,23,27). The van der Waals surface area contributed by atoms with Crippen molar-refractivity contribution >= 4 is 29.1 Å². The number of aromatic nitrogens is 1. The molecule has 7 heteroatoms. The Labute approximate surface area is 159 Å². The number of benzene rings is 1. The van der Waals surface area contributed by atoms with Crippen LogP contribution < -0.4 is 15.5 Å². The summed E-state index contributed by atoms with van der Waals surface area (Å²) in [5, 5.41) is 5.56. The molecule has 1 fully saturated rings. The maximum Gasteiger partial charge on any atom is 0.323 e. The van der Waals surface area contributed by atoms with Crippen LogP contribution in [0, 0.1) is 0 Å². The largest absolute Gasteiger partial charge is 0.357 e. The highest BCUT2D eigenvalue weighted by molar-refractivity contribution is 5.99. The first kappa shape index (κ1) is 18.7. The number of carbonyl (C=O) groups is 2. The average Bonchev–Trinajstić information content (AvgIpc) is 3.18. The minimum Gasteiger partial charge on any atom is -0.357 e. The van der Waals surface area contributed by atoms with Gasteiger partial charge in [0.2, 0.25) is 5.91 Å². The third kappa shape index (κ3) is 5.20. The van der Waals surface area contributed by atoms with Crippen LogP contribution in [0.3, 0.4) is 0 Å². The number of urea groups is 1. The molecule has 0 bridgehead atoms. The van der Waals surface area contributed by atoms with Crippen LogP contribution in [0.1, 0.15) is 18.4 Å². The minimum atomic E-state index is -0.331. The third-order valence-corrected chi connectivity index (χ3v) is 4.50. The fourth-order valence-electron chi connectivity index (χ4n) is 2.93. The molecule has 0 aliphatic carbocycles. The van der Waals surface area contributed by atoms with Crippen molar-refractivity contribution in [3.05, 3.63) is 48.2 Å². The summed E-state index contributed by atoms with van der Waals surface area (Å²) < 4.78 is 0. The lowest BCUT2D eigenvalue weighted by Gasteiger charge is -2.16. The molecular formula is C20H25N5O2. The van der Waals surface area contributed by atoms with E-state index < -0.39 is 0 Å². The van der Waals surface area contributed by atoms with Gasteiger partial charge in [0.1, 0.15) is 5.82 Å². The van der Waals surface area contributed by atoms with Gasteiger partial charge in [0.05, 0.1) is 18.3 Å². The molecule has 1 saturated heterocycles.